The van der Waals surface area contributed by atoms with Crippen molar-refractivity contribution in [3.05, 3.63) is 29.6 Å². The normalized spacial score (nSPS) is 12.6. The molecule has 1 atom stereocenters. The highest BCUT2D eigenvalue weighted by atomic mass is 19.2. The quantitative estimate of drug-likeness (QED) is 0.642. The lowest BCUT2D eigenvalue weighted by molar-refractivity contribution is -0.862. The first kappa shape index (κ1) is 20.0. The predicted molar refractivity (Wildman–Crippen MR) is 84.1 cm³/mol. The Hall–Kier alpha value is -2.09. The first-order chi connectivity index (χ1) is 11.1. The van der Waals surface area contributed by atoms with Crippen LogP contribution in [-0.4, -0.2) is 37.5 Å². The van der Waals surface area contributed by atoms with E-state index in [0.29, 0.717) is 4.90 Å². The van der Waals surface area contributed by atoms with Crippen molar-refractivity contribution in [1.82, 2.24) is 5.32 Å². The molecule has 0 heterocycles. The van der Waals surface area contributed by atoms with Crippen LogP contribution in [0.1, 0.15) is 27.2 Å². The molecule has 134 valence electrons. The van der Waals surface area contributed by atoms with E-state index in [9.17, 15) is 22.8 Å². The summed E-state index contributed by atoms with van der Waals surface area (Å²) in [7, 11) is 1.62. The van der Waals surface area contributed by atoms with Crippen molar-refractivity contribution in [3.8, 4) is 0 Å². The molecular weight excluding hydrogens is 323 g/mol. The van der Waals surface area contributed by atoms with Gasteiger partial charge in [-0.25, -0.2) is 13.2 Å². The standard InChI is InChI=1S/C16H22F3N3O2/c1-5-16(2,3)21-13(24)9-22(4)8-12(23)20-11-7-6-10(17)14(18)15(11)19/h6-7H,5,8-9H2,1-4H3,(H,20,23)(H,21,24)/p+1. The molecule has 1 unspecified atom stereocenters. The number of amides is 2. The number of likely N-dealkylation sites (N-methyl/N-ethyl adjacent to an activating group) is 1. The monoisotopic (exact) mass is 346 g/mol. The minimum atomic E-state index is -1.64. The molecule has 8 heteroatoms. The van der Waals surface area contributed by atoms with Crippen molar-refractivity contribution < 1.29 is 27.7 Å². The Morgan fingerprint density at radius 1 is 1.08 bits per heavy atom. The maximum absolute atomic E-state index is 13.5. The van der Waals surface area contributed by atoms with E-state index in [1.165, 1.54) is 0 Å². The van der Waals surface area contributed by atoms with Crippen molar-refractivity contribution >= 4 is 17.5 Å². The Kier molecular flexibility index (Phi) is 6.77. The molecule has 0 bridgehead atoms. The number of benzene rings is 1. The van der Waals surface area contributed by atoms with Crippen LogP contribution in [0, 0.1) is 17.5 Å². The molecule has 3 N–H and O–H groups in total. The number of halogens is 3. The SMILES string of the molecule is CCC(C)(C)NC(=O)C[NH+](C)CC(=O)Nc1ccc(F)c(F)c1F. The van der Waals surface area contributed by atoms with Gasteiger partial charge in [0.1, 0.15) is 0 Å². The molecule has 1 aromatic rings. The van der Waals surface area contributed by atoms with Crippen LogP contribution in [0.25, 0.3) is 0 Å². The molecule has 0 saturated heterocycles. The van der Waals surface area contributed by atoms with Gasteiger partial charge in [0.15, 0.2) is 30.5 Å². The summed E-state index contributed by atoms with van der Waals surface area (Å²) in [6.07, 6.45) is 0.758. The van der Waals surface area contributed by atoms with Crippen LogP contribution < -0.4 is 15.5 Å². The van der Waals surface area contributed by atoms with Gasteiger partial charge in [-0.2, -0.15) is 0 Å². The van der Waals surface area contributed by atoms with E-state index in [4.69, 9.17) is 0 Å². The summed E-state index contributed by atoms with van der Waals surface area (Å²) in [4.78, 5) is 24.3. The highest BCUT2D eigenvalue weighted by molar-refractivity contribution is 5.91. The van der Waals surface area contributed by atoms with Gasteiger partial charge < -0.3 is 15.5 Å². The van der Waals surface area contributed by atoms with Gasteiger partial charge in [-0.1, -0.05) is 6.92 Å². The van der Waals surface area contributed by atoms with Crippen LogP contribution >= 0.6 is 0 Å². The summed E-state index contributed by atoms with van der Waals surface area (Å²) >= 11 is 0. The van der Waals surface area contributed by atoms with Crippen molar-refractivity contribution in [2.75, 3.05) is 25.5 Å². The summed E-state index contributed by atoms with van der Waals surface area (Å²) in [5, 5.41) is 5.01. The minimum absolute atomic E-state index is 0.0527. The summed E-state index contributed by atoms with van der Waals surface area (Å²) in [5.74, 6) is -5.26. The molecule has 0 aromatic heterocycles. The number of rotatable bonds is 7. The van der Waals surface area contributed by atoms with Gasteiger partial charge in [-0.3, -0.25) is 9.59 Å². The number of hydrogen-bond donors (Lipinski definition) is 3. The van der Waals surface area contributed by atoms with Crippen molar-refractivity contribution in [3.63, 3.8) is 0 Å². The zero-order valence-electron chi connectivity index (χ0n) is 14.2. The molecule has 0 saturated carbocycles. The second kappa shape index (κ2) is 8.14. The van der Waals surface area contributed by atoms with E-state index < -0.39 is 29.0 Å². The molecule has 0 fully saturated rings. The number of carbonyl (C=O) groups excluding carboxylic acids is 2. The number of carbonyl (C=O) groups is 2. The average molecular weight is 346 g/mol. The molecule has 1 aromatic carbocycles. The molecule has 0 radical (unpaired) electrons. The molecule has 0 spiro atoms. The first-order valence-corrected chi connectivity index (χ1v) is 7.61. The Morgan fingerprint density at radius 3 is 2.25 bits per heavy atom. The van der Waals surface area contributed by atoms with E-state index in [2.05, 4.69) is 10.6 Å². The summed E-state index contributed by atoms with van der Waals surface area (Å²) in [6, 6.07) is 1.67. The molecule has 0 aliphatic heterocycles. The number of quaternary nitrogens is 1. The smallest absolute Gasteiger partial charge is 0.279 e. The average Bonchev–Trinajstić information content (AvgIpc) is 2.47. The van der Waals surface area contributed by atoms with Crippen LogP contribution in [0.2, 0.25) is 0 Å². The first-order valence-electron chi connectivity index (χ1n) is 7.61. The summed E-state index contributed by atoms with van der Waals surface area (Å²) < 4.78 is 39.4. The third-order valence-corrected chi connectivity index (χ3v) is 3.60. The Morgan fingerprint density at radius 2 is 1.67 bits per heavy atom. The van der Waals surface area contributed by atoms with E-state index in [1.54, 1.807) is 7.05 Å². The number of anilines is 1. The van der Waals surface area contributed by atoms with Crippen molar-refractivity contribution in [2.24, 2.45) is 0 Å². The lowest BCUT2D eigenvalue weighted by Gasteiger charge is -2.25. The van der Waals surface area contributed by atoms with Gasteiger partial charge in [-0.05, 0) is 32.4 Å². The second-order valence-electron chi connectivity index (χ2n) is 6.37. The fourth-order valence-corrected chi connectivity index (χ4v) is 1.94. The zero-order valence-corrected chi connectivity index (χ0v) is 14.2. The van der Waals surface area contributed by atoms with Crippen molar-refractivity contribution in [2.45, 2.75) is 32.7 Å². The third kappa shape index (κ3) is 5.84. The topological polar surface area (TPSA) is 62.6 Å². The van der Waals surface area contributed by atoms with Crippen LogP contribution in [0.3, 0.4) is 0 Å². The molecule has 1 rings (SSSR count). The van der Waals surface area contributed by atoms with E-state index in [0.717, 1.165) is 18.6 Å². The Labute approximate surface area is 139 Å². The van der Waals surface area contributed by atoms with Crippen LogP contribution in [-0.2, 0) is 9.59 Å². The Bertz CT molecular complexity index is 621. The van der Waals surface area contributed by atoms with Crippen LogP contribution in [0.5, 0.6) is 0 Å². The maximum Gasteiger partial charge on any atom is 0.279 e. The van der Waals surface area contributed by atoms with Gasteiger partial charge in [0.05, 0.1) is 12.7 Å². The molecule has 2 amide bonds. The highest BCUT2D eigenvalue weighted by Gasteiger charge is 2.22. The van der Waals surface area contributed by atoms with E-state index >= 15 is 0 Å². The second-order valence-corrected chi connectivity index (χ2v) is 6.37. The number of nitrogens with one attached hydrogen (secondary N) is 3. The largest absolute Gasteiger partial charge is 0.346 e. The van der Waals surface area contributed by atoms with Crippen LogP contribution in [0.4, 0.5) is 18.9 Å². The highest BCUT2D eigenvalue weighted by Crippen LogP contribution is 2.19. The summed E-state index contributed by atoms with van der Waals surface area (Å²) in [6.45, 7) is 5.65. The minimum Gasteiger partial charge on any atom is -0.346 e. The third-order valence-electron chi connectivity index (χ3n) is 3.60. The van der Waals surface area contributed by atoms with E-state index in [1.807, 2.05) is 20.8 Å². The van der Waals surface area contributed by atoms with Gasteiger partial charge in [-0.15, -0.1) is 0 Å². The maximum atomic E-state index is 13.5. The molecule has 0 aliphatic rings. The lowest BCUT2D eigenvalue weighted by atomic mass is 10.0. The van der Waals surface area contributed by atoms with Gasteiger partial charge in [0.25, 0.3) is 11.8 Å². The number of hydrogen-bond acceptors (Lipinski definition) is 2. The zero-order chi connectivity index (χ0) is 18.5. The molecule has 0 aliphatic carbocycles. The molecule has 24 heavy (non-hydrogen) atoms. The van der Waals surface area contributed by atoms with Gasteiger partial charge in [0.2, 0.25) is 0 Å². The lowest BCUT2D eigenvalue weighted by Crippen LogP contribution is -3.11. The van der Waals surface area contributed by atoms with Crippen molar-refractivity contribution in [1.29, 1.82) is 0 Å². The summed E-state index contributed by atoms with van der Waals surface area (Å²) in [5.41, 5.74) is -0.780. The Balaban J connectivity index is 2.56. The molecule has 5 nitrogen and oxygen atoms in total. The van der Waals surface area contributed by atoms with Gasteiger partial charge >= 0.3 is 0 Å². The predicted octanol–water partition coefficient (Wildman–Crippen LogP) is 0.862. The molecular formula is C16H23F3N3O2+. The van der Waals surface area contributed by atoms with Crippen LogP contribution in [0.15, 0.2) is 12.1 Å². The van der Waals surface area contributed by atoms with E-state index in [-0.39, 0.29) is 24.5 Å². The van der Waals surface area contributed by atoms with Gasteiger partial charge in [0, 0.05) is 5.54 Å². The fraction of sp³-hybridized carbons (Fsp3) is 0.500. The fourth-order valence-electron chi connectivity index (χ4n) is 1.94.